The molecule has 1 N–H and O–H groups in total. The molecule has 0 saturated carbocycles. The van der Waals surface area contributed by atoms with E-state index in [-0.39, 0.29) is 18.7 Å². The molecule has 1 amide bonds. The second-order valence-corrected chi connectivity index (χ2v) is 9.38. The third-order valence-electron chi connectivity index (χ3n) is 6.76. The summed E-state index contributed by atoms with van der Waals surface area (Å²) in [4.78, 5) is 28.2. The van der Waals surface area contributed by atoms with Crippen molar-refractivity contribution in [1.82, 2.24) is 10.2 Å². The molecule has 3 aromatic carbocycles. The molecule has 0 radical (unpaired) electrons. The normalized spacial score (nSPS) is 14.5. The van der Waals surface area contributed by atoms with Crippen molar-refractivity contribution >= 4 is 22.7 Å². The number of rotatable bonds is 5. The number of nitrogens with zero attached hydrogens (tertiary/aromatic N) is 1. The molecule has 1 aliphatic heterocycles. The monoisotopic (exact) mass is 560 g/mol. The van der Waals surface area contributed by atoms with E-state index >= 15 is 0 Å². The molecular formula is C29H22F6N2O3. The summed E-state index contributed by atoms with van der Waals surface area (Å²) in [6.07, 6.45) is -11.3. The van der Waals surface area contributed by atoms with Crippen molar-refractivity contribution in [1.29, 1.82) is 0 Å². The number of carbonyl (C=O) groups is 2. The lowest BCUT2D eigenvalue weighted by Gasteiger charge is -2.30. The number of furan rings is 1. The number of ketones is 1. The van der Waals surface area contributed by atoms with Crippen LogP contribution >= 0.6 is 0 Å². The zero-order chi connectivity index (χ0) is 28.7. The second kappa shape index (κ2) is 10.5. The topological polar surface area (TPSA) is 62.6 Å². The van der Waals surface area contributed by atoms with E-state index in [2.05, 4.69) is 5.32 Å². The quantitative estimate of drug-likeness (QED) is 0.229. The lowest BCUT2D eigenvalue weighted by atomic mass is 9.84. The van der Waals surface area contributed by atoms with Crippen LogP contribution in [0.2, 0.25) is 0 Å². The lowest BCUT2D eigenvalue weighted by molar-refractivity contribution is -0.144. The standard InChI is InChI=1S/C29H22F6N2O3/c30-28(31,32)21-16-20(27(39)37-12-10-36-11-13-37)19(14-17-6-2-1-3-7-17)25(29(33,34)35)24(21)26(38)23-15-18-8-4-5-9-22(18)40-23/h1-9,15-16,36H,10-14H2. The van der Waals surface area contributed by atoms with Crippen molar-refractivity contribution < 1.29 is 40.3 Å². The smallest absolute Gasteiger partial charge is 0.417 e. The number of nitrogens with one attached hydrogen (secondary N) is 1. The molecule has 0 atom stereocenters. The fourth-order valence-corrected chi connectivity index (χ4v) is 4.93. The number of benzene rings is 3. The van der Waals surface area contributed by atoms with Gasteiger partial charge in [0.25, 0.3) is 5.91 Å². The van der Waals surface area contributed by atoms with Gasteiger partial charge in [-0.3, -0.25) is 9.59 Å². The van der Waals surface area contributed by atoms with Crippen molar-refractivity contribution in [2.45, 2.75) is 18.8 Å². The van der Waals surface area contributed by atoms with Crippen molar-refractivity contribution in [2.75, 3.05) is 26.2 Å². The van der Waals surface area contributed by atoms with Crippen LogP contribution in [0.1, 0.15) is 48.7 Å². The minimum atomic E-state index is -5.42. The summed E-state index contributed by atoms with van der Waals surface area (Å²) in [6, 6.07) is 15.3. The highest BCUT2D eigenvalue weighted by atomic mass is 19.4. The molecule has 0 unspecified atom stereocenters. The van der Waals surface area contributed by atoms with E-state index in [1.165, 1.54) is 29.2 Å². The molecule has 4 aromatic rings. The van der Waals surface area contributed by atoms with Gasteiger partial charge in [-0.05, 0) is 35.7 Å². The highest BCUT2D eigenvalue weighted by Gasteiger charge is 2.47. The summed E-state index contributed by atoms with van der Waals surface area (Å²) in [5.41, 5.74) is -6.23. The minimum absolute atomic E-state index is 0.103. The van der Waals surface area contributed by atoms with Crippen LogP contribution in [-0.4, -0.2) is 42.8 Å². The molecule has 2 heterocycles. The average molecular weight is 560 g/mol. The Bertz CT molecular complexity index is 1540. The zero-order valence-electron chi connectivity index (χ0n) is 20.8. The summed E-state index contributed by atoms with van der Waals surface area (Å²) in [7, 11) is 0. The molecule has 0 aliphatic carbocycles. The summed E-state index contributed by atoms with van der Waals surface area (Å²) in [6.45, 7) is 0.874. The van der Waals surface area contributed by atoms with E-state index in [9.17, 15) is 35.9 Å². The van der Waals surface area contributed by atoms with Gasteiger partial charge >= 0.3 is 12.4 Å². The van der Waals surface area contributed by atoms with E-state index in [4.69, 9.17) is 4.42 Å². The number of para-hydroxylation sites is 1. The predicted molar refractivity (Wildman–Crippen MR) is 134 cm³/mol. The number of alkyl halides is 6. The lowest BCUT2D eigenvalue weighted by Crippen LogP contribution is -2.46. The van der Waals surface area contributed by atoms with Crippen LogP contribution in [0, 0.1) is 0 Å². The van der Waals surface area contributed by atoms with E-state index < -0.39 is 64.0 Å². The first-order valence-electron chi connectivity index (χ1n) is 12.4. The van der Waals surface area contributed by atoms with Gasteiger partial charge in [-0.25, -0.2) is 0 Å². The van der Waals surface area contributed by atoms with Crippen LogP contribution in [0.15, 0.2) is 71.1 Å². The molecule has 208 valence electrons. The Labute approximate surface area is 224 Å². The average Bonchev–Trinajstić information content (AvgIpc) is 3.36. The van der Waals surface area contributed by atoms with Crippen LogP contribution in [-0.2, 0) is 18.8 Å². The van der Waals surface area contributed by atoms with Gasteiger partial charge in [-0.2, -0.15) is 26.3 Å². The third-order valence-corrected chi connectivity index (χ3v) is 6.76. The molecule has 5 nitrogen and oxygen atoms in total. The number of amides is 1. The van der Waals surface area contributed by atoms with Crippen molar-refractivity contribution in [2.24, 2.45) is 0 Å². The predicted octanol–water partition coefficient (Wildman–Crippen LogP) is 6.34. The molecule has 0 spiro atoms. The van der Waals surface area contributed by atoms with Crippen molar-refractivity contribution in [3.05, 3.63) is 106 Å². The first-order valence-corrected chi connectivity index (χ1v) is 12.4. The number of halogens is 6. The second-order valence-electron chi connectivity index (χ2n) is 9.38. The fraction of sp³-hybridized carbons (Fsp3) is 0.241. The number of fused-ring (bicyclic) bond motifs is 1. The number of hydrogen-bond donors (Lipinski definition) is 1. The Morgan fingerprint density at radius 1 is 0.850 bits per heavy atom. The van der Waals surface area contributed by atoms with Gasteiger partial charge in [-0.1, -0.05) is 48.5 Å². The maximum Gasteiger partial charge on any atom is 0.417 e. The van der Waals surface area contributed by atoms with E-state index in [0.29, 0.717) is 30.1 Å². The minimum Gasteiger partial charge on any atom is -0.453 e. The van der Waals surface area contributed by atoms with Crippen LogP contribution in [0.25, 0.3) is 11.0 Å². The maximum atomic E-state index is 14.9. The highest BCUT2D eigenvalue weighted by Crippen LogP contribution is 2.45. The van der Waals surface area contributed by atoms with Gasteiger partial charge in [0.2, 0.25) is 5.78 Å². The largest absolute Gasteiger partial charge is 0.453 e. The van der Waals surface area contributed by atoms with Crippen LogP contribution in [0.3, 0.4) is 0 Å². The molecule has 0 bridgehead atoms. The molecule has 1 aliphatic rings. The number of piperazine rings is 1. The third kappa shape index (κ3) is 5.33. The Kier molecular flexibility index (Phi) is 7.17. The molecule has 1 saturated heterocycles. The van der Waals surface area contributed by atoms with Gasteiger partial charge in [0.15, 0.2) is 5.76 Å². The maximum absolute atomic E-state index is 14.9. The molecule has 5 rings (SSSR count). The summed E-state index contributed by atoms with van der Waals surface area (Å²) in [5.74, 6) is -3.22. The number of hydrogen-bond acceptors (Lipinski definition) is 4. The van der Waals surface area contributed by atoms with E-state index in [0.717, 1.165) is 6.07 Å². The molecular weight excluding hydrogens is 538 g/mol. The van der Waals surface area contributed by atoms with Gasteiger partial charge < -0.3 is 14.6 Å². The Balaban J connectivity index is 1.82. The summed E-state index contributed by atoms with van der Waals surface area (Å²) in [5, 5.41) is 3.33. The van der Waals surface area contributed by atoms with Gasteiger partial charge in [0, 0.05) is 37.1 Å². The van der Waals surface area contributed by atoms with Crippen LogP contribution in [0.5, 0.6) is 0 Å². The van der Waals surface area contributed by atoms with Gasteiger partial charge in [0.05, 0.1) is 16.7 Å². The number of carbonyl (C=O) groups excluding carboxylic acids is 2. The Hall–Kier alpha value is -4.12. The summed E-state index contributed by atoms with van der Waals surface area (Å²) >= 11 is 0. The van der Waals surface area contributed by atoms with E-state index in [1.54, 1.807) is 30.3 Å². The Morgan fingerprint density at radius 3 is 2.12 bits per heavy atom. The van der Waals surface area contributed by atoms with Crippen LogP contribution in [0.4, 0.5) is 26.3 Å². The van der Waals surface area contributed by atoms with Gasteiger partial charge in [-0.15, -0.1) is 0 Å². The molecule has 1 fully saturated rings. The van der Waals surface area contributed by atoms with E-state index in [1.807, 2.05) is 0 Å². The Morgan fingerprint density at radius 2 is 1.50 bits per heavy atom. The van der Waals surface area contributed by atoms with Crippen molar-refractivity contribution in [3.8, 4) is 0 Å². The molecule has 1 aromatic heterocycles. The first-order chi connectivity index (χ1) is 18.9. The SMILES string of the molecule is O=C(c1cc2ccccc2o1)c1c(C(F)(F)F)cc(C(=O)N2CCNCC2)c(Cc2ccccc2)c1C(F)(F)F. The molecule has 40 heavy (non-hydrogen) atoms. The first kappa shape index (κ1) is 27.4. The zero-order valence-corrected chi connectivity index (χ0v) is 20.8. The van der Waals surface area contributed by atoms with Gasteiger partial charge in [0.1, 0.15) is 5.58 Å². The van der Waals surface area contributed by atoms with Crippen molar-refractivity contribution in [3.63, 3.8) is 0 Å². The summed E-state index contributed by atoms with van der Waals surface area (Å²) < 4.78 is 93.3. The fourth-order valence-electron chi connectivity index (χ4n) is 4.93. The highest BCUT2D eigenvalue weighted by molar-refractivity contribution is 6.12. The molecule has 11 heteroatoms. The van der Waals surface area contributed by atoms with Crippen LogP contribution < -0.4 is 5.32 Å².